The van der Waals surface area contributed by atoms with Crippen LogP contribution in [0.25, 0.3) is 0 Å². The molecule has 1 atom stereocenters. The quantitative estimate of drug-likeness (QED) is 0.494. The summed E-state index contributed by atoms with van der Waals surface area (Å²) in [6.07, 6.45) is 10.6. The topological polar surface area (TPSA) is 0 Å². The average Bonchev–Trinajstić information content (AvgIpc) is 1.91. The smallest absolute Gasteiger partial charge is 0.0233 e. The van der Waals surface area contributed by atoms with Gasteiger partial charge in [-0.15, -0.1) is 0 Å². The first kappa shape index (κ1) is 6.85. The summed E-state index contributed by atoms with van der Waals surface area (Å²) in [5.74, 6) is 0.795. The maximum Gasteiger partial charge on any atom is -0.0233 e. The van der Waals surface area contributed by atoms with Gasteiger partial charge in [0.25, 0.3) is 0 Å². The van der Waals surface area contributed by atoms with Crippen molar-refractivity contribution in [3.8, 4) is 0 Å². The van der Waals surface area contributed by atoms with Crippen LogP contribution in [-0.4, -0.2) is 0 Å². The number of hydrogen-bond donors (Lipinski definition) is 0. The van der Waals surface area contributed by atoms with Crippen molar-refractivity contribution in [3.05, 3.63) is 19.1 Å². The first-order valence-corrected chi connectivity index (χ1v) is 3.80. The molecule has 0 bridgehead atoms. The minimum absolute atomic E-state index is 0.795. The molecule has 9 heavy (non-hydrogen) atoms. The molecule has 0 aromatic carbocycles. The van der Waals surface area contributed by atoms with Gasteiger partial charge in [-0.05, 0) is 44.9 Å². The Labute approximate surface area is 58.0 Å². The lowest BCUT2D eigenvalue weighted by Gasteiger charge is -2.14. The fraction of sp³-hybridized carbons (Fsp3) is 0.667. The molecule has 0 saturated carbocycles. The zero-order valence-corrected chi connectivity index (χ0v) is 5.84. The lowest BCUT2D eigenvalue weighted by molar-refractivity contribution is 0.509. The standard InChI is InChI=1S/C9H14/c1-2-6-9-7-4-3-5-8-9/h1,4,7,9H,2-3,5-6,8H2. The fourth-order valence-electron chi connectivity index (χ4n) is 1.34. The van der Waals surface area contributed by atoms with E-state index in [9.17, 15) is 0 Å². The second kappa shape index (κ2) is 3.71. The predicted molar refractivity (Wildman–Crippen MR) is 40.0 cm³/mol. The Morgan fingerprint density at radius 3 is 3.00 bits per heavy atom. The van der Waals surface area contributed by atoms with E-state index in [1.165, 1.54) is 25.7 Å². The Morgan fingerprint density at radius 1 is 1.56 bits per heavy atom. The monoisotopic (exact) mass is 122 g/mol. The summed E-state index contributed by atoms with van der Waals surface area (Å²) in [6.45, 7) is 5.43. The van der Waals surface area contributed by atoms with Crippen molar-refractivity contribution in [2.45, 2.75) is 32.1 Å². The zero-order chi connectivity index (χ0) is 6.53. The van der Waals surface area contributed by atoms with E-state index in [4.69, 9.17) is 6.92 Å². The lowest BCUT2D eigenvalue weighted by atomic mass is 9.92. The largest absolute Gasteiger partial charge is 0.0883 e. The van der Waals surface area contributed by atoms with Gasteiger partial charge in [0.1, 0.15) is 0 Å². The molecule has 0 saturated heterocycles. The van der Waals surface area contributed by atoms with E-state index >= 15 is 0 Å². The molecule has 0 heterocycles. The zero-order valence-electron chi connectivity index (χ0n) is 5.84. The second-order valence-corrected chi connectivity index (χ2v) is 2.70. The SMILES string of the molecule is [CH]CCC1C=CCCC1. The van der Waals surface area contributed by atoms with Gasteiger partial charge in [-0.25, -0.2) is 0 Å². The third-order valence-corrected chi connectivity index (χ3v) is 1.89. The third kappa shape index (κ3) is 2.21. The van der Waals surface area contributed by atoms with Gasteiger partial charge in [-0.2, -0.15) is 0 Å². The first-order chi connectivity index (χ1) is 4.43. The van der Waals surface area contributed by atoms with Crippen molar-refractivity contribution in [2.24, 2.45) is 5.92 Å². The van der Waals surface area contributed by atoms with Crippen LogP contribution in [0.1, 0.15) is 32.1 Å². The molecule has 0 heteroatoms. The van der Waals surface area contributed by atoms with Crippen LogP contribution in [0.2, 0.25) is 0 Å². The van der Waals surface area contributed by atoms with Crippen LogP contribution in [0.3, 0.4) is 0 Å². The molecular weight excluding hydrogens is 108 g/mol. The van der Waals surface area contributed by atoms with E-state index in [1.54, 1.807) is 0 Å². The van der Waals surface area contributed by atoms with Crippen LogP contribution in [0, 0.1) is 12.8 Å². The summed E-state index contributed by atoms with van der Waals surface area (Å²) in [6, 6.07) is 0. The minimum atomic E-state index is 0.795. The van der Waals surface area contributed by atoms with Gasteiger partial charge in [0.2, 0.25) is 0 Å². The Morgan fingerprint density at radius 2 is 2.44 bits per heavy atom. The van der Waals surface area contributed by atoms with E-state index in [2.05, 4.69) is 12.2 Å². The molecule has 0 nitrogen and oxygen atoms in total. The Kier molecular flexibility index (Phi) is 2.82. The Hall–Kier alpha value is -0.260. The highest BCUT2D eigenvalue weighted by Gasteiger charge is 2.05. The molecule has 0 amide bonds. The minimum Gasteiger partial charge on any atom is -0.0883 e. The summed E-state index contributed by atoms with van der Waals surface area (Å²) in [4.78, 5) is 0. The molecule has 0 aromatic heterocycles. The molecule has 2 radical (unpaired) electrons. The van der Waals surface area contributed by atoms with E-state index in [0.29, 0.717) is 0 Å². The van der Waals surface area contributed by atoms with E-state index in [-0.39, 0.29) is 0 Å². The highest BCUT2D eigenvalue weighted by atomic mass is 14.1. The molecule has 1 unspecified atom stereocenters. The molecule has 0 N–H and O–H groups in total. The van der Waals surface area contributed by atoms with Gasteiger partial charge in [0.15, 0.2) is 0 Å². The molecule has 0 aliphatic heterocycles. The van der Waals surface area contributed by atoms with Crippen LogP contribution in [0.5, 0.6) is 0 Å². The molecule has 0 fully saturated rings. The predicted octanol–water partition coefficient (Wildman–Crippen LogP) is 2.83. The van der Waals surface area contributed by atoms with E-state index in [0.717, 1.165) is 12.3 Å². The van der Waals surface area contributed by atoms with Crippen LogP contribution in [0.4, 0.5) is 0 Å². The number of allylic oxidation sites excluding steroid dienone is 2. The summed E-state index contributed by atoms with van der Waals surface area (Å²) in [5, 5.41) is 0. The highest BCUT2D eigenvalue weighted by Crippen LogP contribution is 2.20. The van der Waals surface area contributed by atoms with E-state index in [1.807, 2.05) is 0 Å². The van der Waals surface area contributed by atoms with Crippen molar-refractivity contribution in [3.63, 3.8) is 0 Å². The molecule has 1 aliphatic carbocycles. The third-order valence-electron chi connectivity index (χ3n) is 1.89. The van der Waals surface area contributed by atoms with E-state index < -0.39 is 0 Å². The average molecular weight is 122 g/mol. The van der Waals surface area contributed by atoms with Crippen LogP contribution >= 0.6 is 0 Å². The maximum absolute atomic E-state index is 5.43. The van der Waals surface area contributed by atoms with Gasteiger partial charge in [0, 0.05) is 0 Å². The fourth-order valence-corrected chi connectivity index (χ4v) is 1.34. The van der Waals surface area contributed by atoms with Gasteiger partial charge in [0.05, 0.1) is 0 Å². The van der Waals surface area contributed by atoms with Crippen molar-refractivity contribution in [1.82, 2.24) is 0 Å². The molecular formula is C9H14. The Balaban J connectivity index is 2.23. The number of rotatable bonds is 2. The highest BCUT2D eigenvalue weighted by molar-refractivity contribution is 4.92. The number of hydrogen-bond acceptors (Lipinski definition) is 0. The normalized spacial score (nSPS) is 26.6. The van der Waals surface area contributed by atoms with Crippen LogP contribution in [-0.2, 0) is 0 Å². The summed E-state index contributed by atoms with van der Waals surface area (Å²) < 4.78 is 0. The van der Waals surface area contributed by atoms with Gasteiger partial charge >= 0.3 is 0 Å². The maximum atomic E-state index is 5.43. The summed E-state index contributed by atoms with van der Waals surface area (Å²) in [5.41, 5.74) is 0. The van der Waals surface area contributed by atoms with Crippen LogP contribution in [0.15, 0.2) is 12.2 Å². The van der Waals surface area contributed by atoms with Crippen molar-refractivity contribution in [1.29, 1.82) is 0 Å². The summed E-state index contributed by atoms with van der Waals surface area (Å²) >= 11 is 0. The Bertz CT molecular complexity index is 92.2. The molecule has 50 valence electrons. The van der Waals surface area contributed by atoms with Gasteiger partial charge < -0.3 is 0 Å². The lowest BCUT2D eigenvalue weighted by Crippen LogP contribution is -1.99. The molecule has 1 aliphatic rings. The molecule has 0 spiro atoms. The van der Waals surface area contributed by atoms with Gasteiger partial charge in [-0.1, -0.05) is 12.2 Å². The molecule has 0 aromatic rings. The van der Waals surface area contributed by atoms with Crippen molar-refractivity contribution < 1.29 is 0 Å². The van der Waals surface area contributed by atoms with Crippen molar-refractivity contribution >= 4 is 0 Å². The molecule has 1 rings (SSSR count). The van der Waals surface area contributed by atoms with Crippen LogP contribution < -0.4 is 0 Å². The van der Waals surface area contributed by atoms with Crippen molar-refractivity contribution in [2.75, 3.05) is 0 Å². The summed E-state index contributed by atoms with van der Waals surface area (Å²) in [7, 11) is 0. The second-order valence-electron chi connectivity index (χ2n) is 2.70. The first-order valence-electron chi connectivity index (χ1n) is 3.80. The van der Waals surface area contributed by atoms with Gasteiger partial charge in [-0.3, -0.25) is 0 Å².